The number of thioether (sulfide) groups is 1. The zero-order valence-corrected chi connectivity index (χ0v) is 10.8. The summed E-state index contributed by atoms with van der Waals surface area (Å²) in [6.07, 6.45) is 0. The molecule has 19 heavy (non-hydrogen) atoms. The molecule has 0 atom stereocenters. The van der Waals surface area contributed by atoms with Gasteiger partial charge in [-0.1, -0.05) is 30.3 Å². The lowest BCUT2D eigenvalue weighted by Gasteiger charge is -2.05. The first-order chi connectivity index (χ1) is 9.24. The van der Waals surface area contributed by atoms with E-state index >= 15 is 0 Å². The van der Waals surface area contributed by atoms with E-state index in [1.54, 1.807) is 0 Å². The SMILES string of the molecule is N#Cc1cc(C#N)c(SCc2ccccc2)nc1N. The molecule has 0 aliphatic rings. The molecule has 0 aliphatic heterocycles. The highest BCUT2D eigenvalue weighted by molar-refractivity contribution is 7.98. The summed E-state index contributed by atoms with van der Waals surface area (Å²) in [4.78, 5) is 4.13. The number of benzene rings is 1. The number of nitrogen functional groups attached to an aromatic ring is 1. The van der Waals surface area contributed by atoms with E-state index in [1.165, 1.54) is 17.8 Å². The Labute approximate surface area is 115 Å². The summed E-state index contributed by atoms with van der Waals surface area (Å²) >= 11 is 1.44. The number of nitrogens with zero attached hydrogens (tertiary/aromatic N) is 3. The van der Waals surface area contributed by atoms with Crippen LogP contribution in [0.15, 0.2) is 41.4 Å². The predicted octanol–water partition coefficient (Wildman–Crippen LogP) is 2.70. The number of nitriles is 2. The fourth-order valence-electron chi connectivity index (χ4n) is 1.52. The highest BCUT2D eigenvalue weighted by atomic mass is 32.2. The van der Waals surface area contributed by atoms with E-state index in [9.17, 15) is 0 Å². The Bertz CT molecular complexity index is 668. The lowest BCUT2D eigenvalue weighted by Crippen LogP contribution is -1.99. The van der Waals surface area contributed by atoms with E-state index < -0.39 is 0 Å². The molecule has 0 radical (unpaired) electrons. The molecule has 0 saturated heterocycles. The molecule has 2 aromatic rings. The van der Waals surface area contributed by atoms with Crippen LogP contribution in [0.2, 0.25) is 0 Å². The monoisotopic (exact) mass is 266 g/mol. The standard InChI is InChI=1S/C14H10N4S/c15-7-11-6-12(8-16)14(18-13(11)17)19-9-10-4-2-1-3-5-10/h1-6H,9H2,(H2,17,18). The van der Waals surface area contributed by atoms with Gasteiger partial charge in [0.2, 0.25) is 0 Å². The van der Waals surface area contributed by atoms with Crippen molar-refractivity contribution in [2.45, 2.75) is 10.8 Å². The van der Waals surface area contributed by atoms with Crippen LogP contribution in [-0.4, -0.2) is 4.98 Å². The third-order valence-corrected chi connectivity index (χ3v) is 3.54. The van der Waals surface area contributed by atoms with Crippen LogP contribution < -0.4 is 5.73 Å². The highest BCUT2D eigenvalue weighted by Crippen LogP contribution is 2.26. The van der Waals surface area contributed by atoms with Gasteiger partial charge in [-0.15, -0.1) is 11.8 Å². The van der Waals surface area contributed by atoms with Gasteiger partial charge in [0.15, 0.2) is 0 Å². The van der Waals surface area contributed by atoms with Crippen LogP contribution in [0.3, 0.4) is 0 Å². The van der Waals surface area contributed by atoms with Crippen molar-refractivity contribution in [2.24, 2.45) is 0 Å². The number of hydrogen-bond acceptors (Lipinski definition) is 5. The Morgan fingerprint density at radius 1 is 1.11 bits per heavy atom. The van der Waals surface area contributed by atoms with Gasteiger partial charge in [0.1, 0.15) is 23.0 Å². The van der Waals surface area contributed by atoms with Crippen LogP contribution in [0.5, 0.6) is 0 Å². The maximum Gasteiger partial charge on any atom is 0.142 e. The summed E-state index contributed by atoms with van der Waals surface area (Å²) in [6, 6.07) is 15.3. The average molecular weight is 266 g/mol. The van der Waals surface area contributed by atoms with Gasteiger partial charge in [0.25, 0.3) is 0 Å². The van der Waals surface area contributed by atoms with E-state index in [-0.39, 0.29) is 11.4 Å². The zero-order chi connectivity index (χ0) is 13.7. The molecule has 1 aromatic carbocycles. The Hall–Kier alpha value is -2.50. The molecule has 0 spiro atoms. The van der Waals surface area contributed by atoms with Crippen molar-refractivity contribution in [1.29, 1.82) is 10.5 Å². The van der Waals surface area contributed by atoms with Gasteiger partial charge >= 0.3 is 0 Å². The first-order valence-corrected chi connectivity index (χ1v) is 6.50. The number of rotatable bonds is 3. The van der Waals surface area contributed by atoms with Crippen LogP contribution >= 0.6 is 11.8 Å². The number of anilines is 1. The Morgan fingerprint density at radius 3 is 2.42 bits per heavy atom. The van der Waals surface area contributed by atoms with Gasteiger partial charge in [-0.2, -0.15) is 10.5 Å². The maximum atomic E-state index is 9.07. The Kier molecular flexibility index (Phi) is 4.02. The summed E-state index contributed by atoms with van der Waals surface area (Å²) in [5.41, 5.74) is 7.43. The van der Waals surface area contributed by atoms with Gasteiger partial charge in [-0.3, -0.25) is 0 Å². The van der Waals surface area contributed by atoms with Crippen molar-refractivity contribution in [3.63, 3.8) is 0 Å². The molecule has 0 saturated carbocycles. The lowest BCUT2D eigenvalue weighted by molar-refractivity contribution is 1.11. The first-order valence-electron chi connectivity index (χ1n) is 5.52. The molecule has 2 N–H and O–H groups in total. The molecule has 0 bridgehead atoms. The second-order valence-electron chi connectivity index (χ2n) is 3.77. The number of pyridine rings is 1. The molecule has 0 unspecified atom stereocenters. The van der Waals surface area contributed by atoms with Crippen molar-refractivity contribution in [3.8, 4) is 12.1 Å². The topological polar surface area (TPSA) is 86.5 Å². The Balaban J connectivity index is 2.24. The Morgan fingerprint density at radius 2 is 1.79 bits per heavy atom. The number of nitrogens with two attached hydrogens (primary N) is 1. The molecular formula is C14H10N4S. The zero-order valence-electron chi connectivity index (χ0n) is 10.00. The largest absolute Gasteiger partial charge is 0.383 e. The summed E-state index contributed by atoms with van der Waals surface area (Å²) in [5.74, 6) is 0.866. The number of hydrogen-bond donors (Lipinski definition) is 1. The third kappa shape index (κ3) is 3.04. The fourth-order valence-corrected chi connectivity index (χ4v) is 2.43. The minimum atomic E-state index is 0.164. The van der Waals surface area contributed by atoms with Gasteiger partial charge < -0.3 is 5.73 Å². The minimum Gasteiger partial charge on any atom is -0.383 e. The number of aromatic nitrogens is 1. The van der Waals surface area contributed by atoms with Crippen LogP contribution in [0.4, 0.5) is 5.82 Å². The van der Waals surface area contributed by atoms with Gasteiger partial charge in [0.05, 0.1) is 11.1 Å². The van der Waals surface area contributed by atoms with Gasteiger partial charge in [0, 0.05) is 5.75 Å². The molecule has 5 heteroatoms. The highest BCUT2D eigenvalue weighted by Gasteiger charge is 2.10. The maximum absolute atomic E-state index is 9.07. The summed E-state index contributed by atoms with van der Waals surface area (Å²) < 4.78 is 0. The third-order valence-electron chi connectivity index (χ3n) is 2.48. The lowest BCUT2D eigenvalue weighted by atomic mass is 10.2. The second-order valence-corrected chi connectivity index (χ2v) is 4.74. The first kappa shape index (κ1) is 12.9. The van der Waals surface area contributed by atoms with Crippen molar-refractivity contribution in [2.75, 3.05) is 5.73 Å². The molecule has 0 aliphatic carbocycles. The van der Waals surface area contributed by atoms with E-state index in [0.717, 1.165) is 5.56 Å². The van der Waals surface area contributed by atoms with Crippen LogP contribution in [0.25, 0.3) is 0 Å². The smallest absolute Gasteiger partial charge is 0.142 e. The van der Waals surface area contributed by atoms with Crippen molar-refractivity contribution >= 4 is 17.6 Å². The molecule has 2 rings (SSSR count). The normalized spacial score (nSPS) is 9.58. The molecule has 0 fully saturated rings. The van der Waals surface area contributed by atoms with Crippen molar-refractivity contribution < 1.29 is 0 Å². The molecular weight excluding hydrogens is 256 g/mol. The molecule has 1 heterocycles. The van der Waals surface area contributed by atoms with E-state index in [1.807, 2.05) is 42.5 Å². The summed E-state index contributed by atoms with van der Waals surface area (Å²) in [5, 5.41) is 18.5. The summed E-state index contributed by atoms with van der Waals surface area (Å²) in [6.45, 7) is 0. The second kappa shape index (κ2) is 5.90. The molecule has 1 aromatic heterocycles. The van der Waals surface area contributed by atoms with Gasteiger partial charge in [-0.05, 0) is 11.6 Å². The molecule has 92 valence electrons. The van der Waals surface area contributed by atoms with Crippen LogP contribution in [0.1, 0.15) is 16.7 Å². The van der Waals surface area contributed by atoms with Crippen molar-refractivity contribution in [1.82, 2.24) is 4.98 Å². The van der Waals surface area contributed by atoms with Crippen LogP contribution in [-0.2, 0) is 5.75 Å². The minimum absolute atomic E-state index is 0.164. The van der Waals surface area contributed by atoms with E-state index in [0.29, 0.717) is 16.3 Å². The summed E-state index contributed by atoms with van der Waals surface area (Å²) in [7, 11) is 0. The van der Waals surface area contributed by atoms with E-state index in [2.05, 4.69) is 4.98 Å². The van der Waals surface area contributed by atoms with Crippen LogP contribution in [0, 0.1) is 22.7 Å². The predicted molar refractivity (Wildman–Crippen MR) is 74.1 cm³/mol. The quantitative estimate of drug-likeness (QED) is 0.863. The molecule has 0 amide bonds. The molecule has 4 nitrogen and oxygen atoms in total. The van der Waals surface area contributed by atoms with Crippen molar-refractivity contribution in [3.05, 3.63) is 53.1 Å². The average Bonchev–Trinajstić information content (AvgIpc) is 2.46. The van der Waals surface area contributed by atoms with E-state index in [4.69, 9.17) is 16.3 Å². The fraction of sp³-hybridized carbons (Fsp3) is 0.0714. The van der Waals surface area contributed by atoms with Gasteiger partial charge in [-0.25, -0.2) is 4.98 Å².